The lowest BCUT2D eigenvalue weighted by Crippen LogP contribution is -2.60. The highest BCUT2D eigenvalue weighted by molar-refractivity contribution is 7.80. The first-order chi connectivity index (χ1) is 29.1. The molecule has 1 heterocycles. The Hall–Kier alpha value is -2.46. The van der Waals surface area contributed by atoms with Gasteiger partial charge in [-0.2, -0.15) is 8.42 Å². The molecule has 0 radical (unpaired) electrons. The molecule has 0 saturated carbocycles. The first kappa shape index (κ1) is 55.6. The Morgan fingerprint density at radius 1 is 0.650 bits per heavy atom. The largest absolute Gasteiger partial charge is 0.457 e. The van der Waals surface area contributed by atoms with Gasteiger partial charge in [-0.25, -0.2) is 4.18 Å². The minimum Gasteiger partial charge on any atom is -0.457 e. The molecule has 1 aliphatic heterocycles. The van der Waals surface area contributed by atoms with Crippen LogP contribution in [-0.4, -0.2) is 97.5 Å². The maximum Gasteiger partial charge on any atom is 0.397 e. The fraction of sp³-hybridized carbons (Fsp3) is 0.723. The number of hydrogen-bond donors (Lipinski definition) is 4. The zero-order valence-electron chi connectivity index (χ0n) is 36.7. The quantitative estimate of drug-likeness (QED) is 0.0200. The van der Waals surface area contributed by atoms with Gasteiger partial charge >= 0.3 is 16.4 Å². The van der Waals surface area contributed by atoms with Gasteiger partial charge in [0.25, 0.3) is 0 Å². The van der Waals surface area contributed by atoms with Gasteiger partial charge in [-0.05, 0) is 83.5 Å². The molecule has 13 heteroatoms. The van der Waals surface area contributed by atoms with Crippen molar-refractivity contribution >= 4 is 16.4 Å². The van der Waals surface area contributed by atoms with Gasteiger partial charge in [0.1, 0.15) is 30.5 Å². The van der Waals surface area contributed by atoms with E-state index in [4.69, 9.17) is 23.5 Å². The molecule has 0 aromatic carbocycles. The maximum absolute atomic E-state index is 12.8. The topological polar surface area (TPSA) is 178 Å². The van der Waals surface area contributed by atoms with Crippen LogP contribution in [0.2, 0.25) is 0 Å². The number of esters is 1. The van der Waals surface area contributed by atoms with Crippen LogP contribution >= 0.6 is 0 Å². The van der Waals surface area contributed by atoms with E-state index in [1.807, 2.05) is 0 Å². The van der Waals surface area contributed by atoms with Gasteiger partial charge in [0, 0.05) is 13.0 Å². The first-order valence-electron chi connectivity index (χ1n) is 22.7. The number of aliphatic hydroxyl groups is 3. The molecular weight excluding hydrogens is 789 g/mol. The lowest BCUT2D eigenvalue weighted by Gasteiger charge is -2.41. The van der Waals surface area contributed by atoms with Crippen LogP contribution in [-0.2, 0) is 38.3 Å². The Balaban J connectivity index is 2.48. The fourth-order valence-corrected chi connectivity index (χ4v) is 6.91. The molecule has 4 N–H and O–H groups in total. The highest BCUT2D eigenvalue weighted by atomic mass is 32.3. The summed E-state index contributed by atoms with van der Waals surface area (Å²) in [7, 11) is -5.07. The van der Waals surface area contributed by atoms with Crippen LogP contribution in [0.15, 0.2) is 72.9 Å². The molecule has 0 spiro atoms. The smallest absolute Gasteiger partial charge is 0.397 e. The number of allylic oxidation sites excluding steroid dienone is 12. The number of aliphatic hydroxyl groups excluding tert-OH is 3. The summed E-state index contributed by atoms with van der Waals surface area (Å²) in [4.78, 5) is 12.8. The molecule has 0 aromatic heterocycles. The second-order valence-corrected chi connectivity index (χ2v) is 16.3. The van der Waals surface area contributed by atoms with Crippen LogP contribution in [0.1, 0.15) is 155 Å². The summed E-state index contributed by atoms with van der Waals surface area (Å²) in [5.41, 5.74) is 0. The number of hydrogen-bond acceptors (Lipinski definition) is 11. The summed E-state index contributed by atoms with van der Waals surface area (Å²) in [5, 5.41) is 30.7. The first-order valence-corrected chi connectivity index (χ1v) is 24.1. The van der Waals surface area contributed by atoms with Crippen molar-refractivity contribution in [3.63, 3.8) is 0 Å². The van der Waals surface area contributed by atoms with E-state index in [-0.39, 0.29) is 19.6 Å². The Morgan fingerprint density at radius 2 is 1.15 bits per heavy atom. The Bertz CT molecular complexity index is 1330. The molecule has 0 aliphatic carbocycles. The highest BCUT2D eigenvalue weighted by Crippen LogP contribution is 2.26. The number of carbonyl (C=O) groups is 1. The molecule has 6 atom stereocenters. The average Bonchev–Trinajstić information content (AvgIpc) is 3.22. The van der Waals surface area contributed by atoms with Crippen LogP contribution in [0.3, 0.4) is 0 Å². The number of unbranched alkanes of at least 4 members (excludes halogenated alkanes) is 13. The molecule has 0 aromatic rings. The lowest BCUT2D eigenvalue weighted by molar-refractivity contribution is -0.301. The van der Waals surface area contributed by atoms with E-state index in [9.17, 15) is 28.5 Å². The van der Waals surface area contributed by atoms with Crippen LogP contribution in [0, 0.1) is 0 Å². The van der Waals surface area contributed by atoms with Crippen LogP contribution in [0.5, 0.6) is 0 Å². The zero-order valence-corrected chi connectivity index (χ0v) is 37.6. The third-order valence-electron chi connectivity index (χ3n) is 9.81. The molecule has 1 rings (SSSR count). The molecule has 1 fully saturated rings. The van der Waals surface area contributed by atoms with Crippen molar-refractivity contribution in [2.45, 2.75) is 192 Å². The monoisotopic (exact) mass is 869 g/mol. The van der Waals surface area contributed by atoms with Crippen molar-refractivity contribution in [2.24, 2.45) is 0 Å². The van der Waals surface area contributed by atoms with Crippen molar-refractivity contribution in [2.75, 3.05) is 26.4 Å². The molecule has 12 nitrogen and oxygen atoms in total. The fourth-order valence-electron chi connectivity index (χ4n) is 6.40. The van der Waals surface area contributed by atoms with E-state index in [0.717, 1.165) is 89.9 Å². The van der Waals surface area contributed by atoms with Crippen molar-refractivity contribution in [1.82, 2.24) is 0 Å². The summed E-state index contributed by atoms with van der Waals surface area (Å²) in [5.74, 6) is -0.426. The molecule has 1 saturated heterocycles. The summed E-state index contributed by atoms with van der Waals surface area (Å²) in [6.07, 6.45) is 39.4. The molecule has 6 unspecified atom stereocenters. The number of ether oxygens (including phenoxy) is 4. The van der Waals surface area contributed by atoms with Gasteiger partial charge in [0.05, 0.1) is 19.8 Å². The molecule has 346 valence electrons. The van der Waals surface area contributed by atoms with Crippen LogP contribution in [0.25, 0.3) is 0 Å². The Labute approximate surface area is 362 Å². The van der Waals surface area contributed by atoms with E-state index in [0.29, 0.717) is 13.0 Å². The van der Waals surface area contributed by atoms with Crippen molar-refractivity contribution in [3.8, 4) is 0 Å². The molecule has 0 bridgehead atoms. The van der Waals surface area contributed by atoms with Crippen LogP contribution in [0.4, 0.5) is 0 Å². The van der Waals surface area contributed by atoms with Gasteiger partial charge in [-0.1, -0.05) is 138 Å². The lowest BCUT2D eigenvalue weighted by atomic mass is 9.99. The van der Waals surface area contributed by atoms with Gasteiger partial charge in [0.15, 0.2) is 6.29 Å². The van der Waals surface area contributed by atoms with E-state index in [2.05, 4.69) is 90.9 Å². The standard InChI is InChI=1S/C47H80O12S/c1-3-5-7-9-11-13-15-17-19-20-21-23-25-27-29-31-33-35-37-55-39-41(40-56-47-45(51)46(59-60(52,53)54)44(50)42(38-48)58-47)57-43(49)36-34-32-30-28-26-24-22-18-16-14-12-10-8-6-4-2/h5,7,11,13,17-19,21-23,27,29,41-42,44-48,50-51H,3-4,6,8-10,12,14-16,20,24-26,28,30-40H2,1-2H3,(H,52,53,54)/b7-5-,13-11-,19-17-,22-18-,23-21-,29-27-. The summed E-state index contributed by atoms with van der Waals surface area (Å²) in [6, 6.07) is 0. The highest BCUT2D eigenvalue weighted by Gasteiger charge is 2.48. The van der Waals surface area contributed by atoms with Crippen molar-refractivity contribution < 1.29 is 56.2 Å². The minimum atomic E-state index is -5.07. The van der Waals surface area contributed by atoms with Gasteiger partial charge < -0.3 is 34.3 Å². The summed E-state index contributed by atoms with van der Waals surface area (Å²) < 4.78 is 59.0. The maximum atomic E-state index is 12.8. The predicted molar refractivity (Wildman–Crippen MR) is 239 cm³/mol. The van der Waals surface area contributed by atoms with E-state index in [1.54, 1.807) is 0 Å². The van der Waals surface area contributed by atoms with Crippen molar-refractivity contribution in [1.29, 1.82) is 0 Å². The van der Waals surface area contributed by atoms with E-state index in [1.165, 1.54) is 38.5 Å². The Kier molecular flexibility index (Phi) is 35.4. The summed E-state index contributed by atoms with van der Waals surface area (Å²) in [6.45, 7) is 3.73. The van der Waals surface area contributed by atoms with Gasteiger partial charge in [0.2, 0.25) is 0 Å². The second kappa shape index (κ2) is 38.2. The zero-order chi connectivity index (χ0) is 43.9. The Morgan fingerprint density at radius 3 is 1.70 bits per heavy atom. The van der Waals surface area contributed by atoms with Gasteiger partial charge in [-0.3, -0.25) is 9.35 Å². The SMILES string of the molecule is CC/C=C\C/C=C\C/C=C\C/C=C\C/C=C\CCCCOCC(COC1OC(CO)C(O)C(OS(=O)(=O)O)C1O)OC(=O)CCCCCCC/C=C\CCCCCCCC. The predicted octanol–water partition coefficient (Wildman–Crippen LogP) is 9.52. The average molecular weight is 869 g/mol. The second-order valence-electron chi connectivity index (χ2n) is 15.3. The third kappa shape index (κ3) is 31.4. The number of carbonyl (C=O) groups excluding carboxylic acids is 1. The van der Waals surface area contributed by atoms with E-state index >= 15 is 0 Å². The third-order valence-corrected chi connectivity index (χ3v) is 10.3. The van der Waals surface area contributed by atoms with Gasteiger partial charge in [-0.15, -0.1) is 0 Å². The summed E-state index contributed by atoms with van der Waals surface area (Å²) >= 11 is 0. The number of rotatable bonds is 38. The van der Waals surface area contributed by atoms with Crippen molar-refractivity contribution in [3.05, 3.63) is 72.9 Å². The molecule has 0 amide bonds. The molecule has 1 aliphatic rings. The normalized spacial score (nSPS) is 20.9. The van der Waals surface area contributed by atoms with Crippen LogP contribution < -0.4 is 0 Å². The molecule has 60 heavy (non-hydrogen) atoms. The molecular formula is C47H80O12S. The minimum absolute atomic E-state index is 0.000395. The van der Waals surface area contributed by atoms with E-state index < -0.39 is 59.8 Å².